The predicted octanol–water partition coefficient (Wildman–Crippen LogP) is -1.12. The van der Waals surface area contributed by atoms with E-state index >= 15 is 0 Å². The second-order valence-electron chi connectivity index (χ2n) is 8.51. The molecule has 0 radical (unpaired) electrons. The molecule has 1 heterocycles. The number of carboxylic acid groups (broad SMARTS) is 1. The number of primary amides is 1. The fourth-order valence-electron chi connectivity index (χ4n) is 3.24. The molecule has 0 bridgehead atoms. The van der Waals surface area contributed by atoms with E-state index in [1.54, 1.807) is 6.92 Å². The highest BCUT2D eigenvalue weighted by molar-refractivity contribution is 7.98. The van der Waals surface area contributed by atoms with Gasteiger partial charge in [-0.2, -0.15) is 11.8 Å². The smallest absolute Gasteiger partial charge is 0.326 e. The fourth-order valence-corrected chi connectivity index (χ4v) is 3.73. The number of nitrogens with one attached hydrogen (secondary N) is 4. The number of aromatic nitrogens is 2. The van der Waals surface area contributed by atoms with E-state index in [2.05, 4.69) is 25.9 Å². The molecule has 9 N–H and O–H groups in total. The number of nitrogens with zero attached hydrogens (tertiary/aromatic N) is 1. The number of carboxylic acids is 1. The third kappa shape index (κ3) is 10.6. The van der Waals surface area contributed by atoms with Crippen molar-refractivity contribution in [1.82, 2.24) is 25.9 Å². The lowest BCUT2D eigenvalue weighted by Crippen LogP contribution is -2.59. The number of aromatic amines is 1. The summed E-state index contributed by atoms with van der Waals surface area (Å²) in [5.74, 6) is -3.60. The number of carbonyl (C=O) groups is 5. The average molecular weight is 528 g/mol. The van der Waals surface area contributed by atoms with Crippen LogP contribution in [0.25, 0.3) is 0 Å². The van der Waals surface area contributed by atoms with E-state index in [-0.39, 0.29) is 25.2 Å². The summed E-state index contributed by atoms with van der Waals surface area (Å²) in [6.07, 6.45) is 5.30. The van der Waals surface area contributed by atoms with Gasteiger partial charge >= 0.3 is 5.97 Å². The lowest BCUT2D eigenvalue weighted by atomic mass is 9.96. The van der Waals surface area contributed by atoms with Crippen molar-refractivity contribution in [3.05, 3.63) is 18.2 Å². The van der Waals surface area contributed by atoms with Crippen LogP contribution in [-0.2, 0) is 30.4 Å². The Labute approximate surface area is 214 Å². The molecule has 0 aromatic carbocycles. The van der Waals surface area contributed by atoms with Gasteiger partial charge in [0.15, 0.2) is 0 Å². The monoisotopic (exact) mass is 527 g/mol. The molecule has 36 heavy (non-hydrogen) atoms. The molecule has 4 amide bonds. The van der Waals surface area contributed by atoms with Crippen molar-refractivity contribution in [2.24, 2.45) is 17.4 Å². The third-order valence-corrected chi connectivity index (χ3v) is 6.31. The summed E-state index contributed by atoms with van der Waals surface area (Å²) in [5.41, 5.74) is 11.6. The molecule has 1 rings (SSSR count). The Balaban J connectivity index is 3.00. The molecule has 0 aliphatic heterocycles. The minimum absolute atomic E-state index is 0.0343. The number of nitrogens with two attached hydrogens (primary N) is 2. The van der Waals surface area contributed by atoms with E-state index in [9.17, 15) is 29.1 Å². The first kappa shape index (κ1) is 30.9. The van der Waals surface area contributed by atoms with Gasteiger partial charge in [0.2, 0.25) is 23.6 Å². The topological polar surface area (TPSA) is 222 Å². The Kier molecular flexibility index (Phi) is 13.5. The Morgan fingerprint density at radius 1 is 1.08 bits per heavy atom. The molecule has 202 valence electrons. The summed E-state index contributed by atoms with van der Waals surface area (Å²) in [6.45, 7) is 3.54. The van der Waals surface area contributed by atoms with Crippen LogP contribution in [0.2, 0.25) is 0 Å². The van der Waals surface area contributed by atoms with Crippen molar-refractivity contribution in [3.8, 4) is 0 Å². The van der Waals surface area contributed by atoms with Gasteiger partial charge in [-0.3, -0.25) is 19.2 Å². The van der Waals surface area contributed by atoms with Crippen LogP contribution in [-0.4, -0.2) is 80.8 Å². The van der Waals surface area contributed by atoms with Gasteiger partial charge in [-0.1, -0.05) is 20.3 Å². The Morgan fingerprint density at radius 3 is 2.28 bits per heavy atom. The Hall–Kier alpha value is -3.13. The zero-order valence-corrected chi connectivity index (χ0v) is 21.6. The number of amides is 4. The second-order valence-corrected chi connectivity index (χ2v) is 9.49. The van der Waals surface area contributed by atoms with Crippen LogP contribution in [0.1, 0.15) is 45.2 Å². The lowest BCUT2D eigenvalue weighted by Gasteiger charge is -2.28. The molecule has 13 nitrogen and oxygen atoms in total. The largest absolute Gasteiger partial charge is 0.480 e. The highest BCUT2D eigenvalue weighted by atomic mass is 32.2. The molecule has 5 atom stereocenters. The SMILES string of the molecule is CCC(C)C(NC(=O)C(CCC(N)=O)NC(=O)C(N)CCSC)C(=O)NC(Cc1cnc[nH]1)C(=O)O. The molecule has 0 aliphatic rings. The molecule has 0 fully saturated rings. The predicted molar refractivity (Wildman–Crippen MR) is 135 cm³/mol. The van der Waals surface area contributed by atoms with E-state index in [1.165, 1.54) is 24.3 Å². The molecular formula is C22H37N7O6S. The summed E-state index contributed by atoms with van der Waals surface area (Å²) in [4.78, 5) is 68.3. The quantitative estimate of drug-likeness (QED) is 0.130. The lowest BCUT2D eigenvalue weighted by molar-refractivity contribution is -0.142. The first-order valence-corrected chi connectivity index (χ1v) is 13.0. The van der Waals surface area contributed by atoms with E-state index in [0.717, 1.165) is 0 Å². The number of hydrogen-bond acceptors (Lipinski definition) is 8. The Morgan fingerprint density at radius 2 is 1.75 bits per heavy atom. The van der Waals surface area contributed by atoms with Gasteiger partial charge < -0.3 is 37.5 Å². The molecule has 14 heteroatoms. The number of hydrogen-bond donors (Lipinski definition) is 7. The van der Waals surface area contributed by atoms with Gasteiger partial charge in [-0.05, 0) is 30.8 Å². The highest BCUT2D eigenvalue weighted by Crippen LogP contribution is 2.11. The molecular weight excluding hydrogens is 490 g/mol. The molecule has 1 aromatic rings. The van der Waals surface area contributed by atoms with E-state index < -0.39 is 53.8 Å². The van der Waals surface area contributed by atoms with Crippen molar-refractivity contribution >= 4 is 41.4 Å². The van der Waals surface area contributed by atoms with E-state index in [0.29, 0.717) is 24.3 Å². The van der Waals surface area contributed by atoms with Crippen LogP contribution < -0.4 is 27.4 Å². The Bertz CT molecular complexity index is 882. The maximum absolute atomic E-state index is 13.1. The van der Waals surface area contributed by atoms with Crippen molar-refractivity contribution in [1.29, 1.82) is 0 Å². The molecule has 0 saturated carbocycles. The number of carbonyl (C=O) groups excluding carboxylic acids is 4. The third-order valence-electron chi connectivity index (χ3n) is 5.67. The van der Waals surface area contributed by atoms with Gasteiger partial charge in [0.25, 0.3) is 0 Å². The molecule has 0 spiro atoms. The molecule has 0 aliphatic carbocycles. The number of imidazole rings is 1. The zero-order chi connectivity index (χ0) is 27.3. The normalized spacial score (nSPS) is 15.1. The van der Waals surface area contributed by atoms with Gasteiger partial charge in [-0.15, -0.1) is 0 Å². The van der Waals surface area contributed by atoms with Crippen LogP contribution in [0.4, 0.5) is 0 Å². The average Bonchev–Trinajstić information content (AvgIpc) is 3.35. The first-order chi connectivity index (χ1) is 17.0. The number of thioether (sulfide) groups is 1. The van der Waals surface area contributed by atoms with Crippen LogP contribution >= 0.6 is 11.8 Å². The maximum Gasteiger partial charge on any atom is 0.326 e. The van der Waals surface area contributed by atoms with Gasteiger partial charge in [0, 0.05) is 24.7 Å². The minimum atomic E-state index is -1.26. The van der Waals surface area contributed by atoms with Crippen molar-refractivity contribution in [2.45, 2.75) is 70.1 Å². The van der Waals surface area contributed by atoms with Crippen molar-refractivity contribution in [3.63, 3.8) is 0 Å². The minimum Gasteiger partial charge on any atom is -0.480 e. The van der Waals surface area contributed by atoms with E-state index in [4.69, 9.17) is 11.5 Å². The van der Waals surface area contributed by atoms with Gasteiger partial charge in [0.1, 0.15) is 18.1 Å². The van der Waals surface area contributed by atoms with Crippen LogP contribution in [0, 0.1) is 5.92 Å². The number of H-pyrrole nitrogens is 1. The first-order valence-electron chi connectivity index (χ1n) is 11.6. The standard InChI is InChI=1S/C22H37N7O6S/c1-4-12(2)18(21(33)28-16(22(34)35)9-13-10-25-11-26-13)29-20(32)15(5-6-17(24)30)27-19(31)14(23)7-8-36-3/h10-12,14-16,18H,4-9,23H2,1-3H3,(H2,24,30)(H,25,26)(H,27,31)(H,28,33)(H,29,32)(H,34,35). The van der Waals surface area contributed by atoms with Gasteiger partial charge in [-0.25, -0.2) is 9.78 Å². The van der Waals surface area contributed by atoms with Gasteiger partial charge in [0.05, 0.1) is 12.4 Å². The van der Waals surface area contributed by atoms with Crippen LogP contribution in [0.15, 0.2) is 12.5 Å². The number of rotatable bonds is 17. The highest BCUT2D eigenvalue weighted by Gasteiger charge is 2.33. The van der Waals surface area contributed by atoms with Crippen molar-refractivity contribution < 1.29 is 29.1 Å². The number of aliphatic carboxylic acids is 1. The van der Waals surface area contributed by atoms with Crippen molar-refractivity contribution in [2.75, 3.05) is 12.0 Å². The van der Waals surface area contributed by atoms with E-state index in [1.807, 2.05) is 13.2 Å². The molecule has 1 aromatic heterocycles. The second kappa shape index (κ2) is 15.8. The summed E-state index contributed by atoms with van der Waals surface area (Å²) >= 11 is 1.52. The molecule has 5 unspecified atom stereocenters. The van der Waals surface area contributed by atoms with Crippen LogP contribution in [0.3, 0.4) is 0 Å². The maximum atomic E-state index is 13.1. The zero-order valence-electron chi connectivity index (χ0n) is 20.8. The summed E-state index contributed by atoms with van der Waals surface area (Å²) < 4.78 is 0. The summed E-state index contributed by atoms with van der Waals surface area (Å²) in [5, 5.41) is 17.2. The summed E-state index contributed by atoms with van der Waals surface area (Å²) in [6, 6.07) is -4.37. The summed E-state index contributed by atoms with van der Waals surface area (Å²) in [7, 11) is 0. The fraction of sp³-hybridized carbons (Fsp3) is 0.636. The van der Waals surface area contributed by atoms with Crippen LogP contribution in [0.5, 0.6) is 0 Å². The molecule has 0 saturated heterocycles.